The molecule has 2 aromatic heterocycles. The van der Waals surface area contributed by atoms with E-state index in [1.807, 2.05) is 72.9 Å². The summed E-state index contributed by atoms with van der Waals surface area (Å²) in [5, 5.41) is 1.46. The maximum absolute atomic E-state index is 7.46. The van der Waals surface area contributed by atoms with Crippen LogP contribution in [0.25, 0.3) is 33.4 Å². The first-order valence-corrected chi connectivity index (χ1v) is 17.2. The number of fused-ring (bicyclic) bond motifs is 4. The Morgan fingerprint density at radius 3 is 2.27 bits per heavy atom. The first kappa shape index (κ1) is 30.5. The fourth-order valence-corrected chi connectivity index (χ4v) is 8.48. The van der Waals surface area contributed by atoms with Crippen molar-refractivity contribution in [3.05, 3.63) is 156 Å². The van der Waals surface area contributed by atoms with Gasteiger partial charge in [0.1, 0.15) is 17.7 Å². The van der Waals surface area contributed by atoms with Gasteiger partial charge in [-0.25, -0.2) is 4.98 Å². The second-order valence-corrected chi connectivity index (χ2v) is 13.6. The average molecular weight is 650 g/mol. The van der Waals surface area contributed by atoms with Gasteiger partial charge < -0.3 is 9.22 Å². The van der Waals surface area contributed by atoms with Crippen molar-refractivity contribution in [3.63, 3.8) is 0 Å². The molecule has 0 spiro atoms. The second kappa shape index (κ2) is 13.0. The van der Waals surface area contributed by atoms with E-state index in [0.717, 1.165) is 58.1 Å². The van der Waals surface area contributed by atoms with Crippen LogP contribution in [0.15, 0.2) is 140 Å². The minimum atomic E-state index is -0.327. The highest BCUT2D eigenvalue weighted by molar-refractivity contribution is 6.32. The summed E-state index contributed by atoms with van der Waals surface area (Å²) in [5.41, 5.74) is 5.92. The Bertz CT molecular complexity index is 2050. The maximum Gasteiger partial charge on any atom is 0.227 e. The number of piperidine rings is 3. The summed E-state index contributed by atoms with van der Waals surface area (Å²) in [5.74, 6) is 2.04. The zero-order valence-corrected chi connectivity index (χ0v) is 27.6. The minimum absolute atomic E-state index is 0.156. The third-order valence-corrected chi connectivity index (χ3v) is 10.8. The predicted octanol–water partition coefficient (Wildman–Crippen LogP) is 9.74. The van der Waals surface area contributed by atoms with Crippen LogP contribution in [0.3, 0.4) is 0 Å². The number of pyridine rings is 1. The van der Waals surface area contributed by atoms with E-state index < -0.39 is 0 Å². The number of ether oxygens (including phenoxy) is 1. The molecule has 2 bridgehead atoms. The van der Waals surface area contributed by atoms with Crippen LogP contribution in [0.2, 0.25) is 5.15 Å². The second-order valence-electron chi connectivity index (χ2n) is 13.2. The summed E-state index contributed by atoms with van der Waals surface area (Å²) in [6.45, 7) is 7.33. The highest BCUT2D eigenvalue weighted by Crippen LogP contribution is 2.50. The lowest BCUT2D eigenvalue weighted by atomic mass is 9.71. The van der Waals surface area contributed by atoms with Crippen molar-refractivity contribution < 1.29 is 9.22 Å². The molecule has 3 fully saturated rings. The van der Waals surface area contributed by atoms with Crippen LogP contribution in [-0.4, -0.2) is 38.6 Å². The lowest BCUT2D eigenvalue weighted by Crippen LogP contribution is -2.68. The number of rotatable bonds is 9. The van der Waals surface area contributed by atoms with Crippen LogP contribution < -0.4 is 4.74 Å². The van der Waals surface area contributed by atoms with Crippen LogP contribution in [0.5, 0.6) is 5.88 Å². The van der Waals surface area contributed by atoms with Gasteiger partial charge in [-0.05, 0) is 23.6 Å². The quantitative estimate of drug-likeness (QED) is 0.0889. The van der Waals surface area contributed by atoms with Crippen molar-refractivity contribution in [2.75, 3.05) is 13.1 Å². The number of benzene rings is 4. The van der Waals surface area contributed by atoms with Gasteiger partial charge in [-0.1, -0.05) is 127 Å². The number of nitrogens with zero attached hydrogens (tertiary/aromatic N) is 4. The number of hydrogen-bond acceptors (Lipinski definition) is 4. The van der Waals surface area contributed by atoms with E-state index >= 15 is 0 Å². The smallest absolute Gasteiger partial charge is 0.227 e. The van der Waals surface area contributed by atoms with Crippen molar-refractivity contribution in [2.45, 2.75) is 31.5 Å². The van der Waals surface area contributed by atoms with Crippen molar-refractivity contribution in [2.24, 2.45) is 11.8 Å². The number of para-hydroxylation sites is 1. The number of hydrogen-bond donors (Lipinski definition) is 0. The highest BCUT2D eigenvalue weighted by atomic mass is 35.5. The molecule has 3 aliphatic rings. The van der Waals surface area contributed by atoms with Crippen LogP contribution >= 0.6 is 11.6 Å². The third-order valence-electron chi connectivity index (χ3n) is 10.5. The van der Waals surface area contributed by atoms with Crippen LogP contribution in [0.1, 0.15) is 30.1 Å². The van der Waals surface area contributed by atoms with Crippen molar-refractivity contribution in [1.82, 2.24) is 15.0 Å². The zero-order valence-electron chi connectivity index (χ0n) is 26.8. The molecular weight excluding hydrogens is 612 g/mol. The summed E-state index contributed by atoms with van der Waals surface area (Å²) in [6, 6.07) is 41.7. The Morgan fingerprint density at radius 1 is 0.833 bits per heavy atom. The molecule has 48 heavy (non-hydrogen) atoms. The summed E-state index contributed by atoms with van der Waals surface area (Å²) in [4.78, 5) is 14.7. The van der Waals surface area contributed by atoms with Gasteiger partial charge in [0.15, 0.2) is 11.9 Å². The Hall–Kier alpha value is -4.84. The molecule has 0 amide bonds. The van der Waals surface area contributed by atoms with E-state index in [0.29, 0.717) is 34.3 Å². The fraction of sp³-hybridized carbons (Fsp3) is 0.214. The summed E-state index contributed by atoms with van der Waals surface area (Å²) >= 11 is 7.11. The molecule has 6 heteroatoms. The van der Waals surface area contributed by atoms with Gasteiger partial charge in [0.05, 0.1) is 24.2 Å². The average Bonchev–Trinajstić information content (AvgIpc) is 3.14. The van der Waals surface area contributed by atoms with E-state index in [4.69, 9.17) is 31.3 Å². The molecule has 0 radical (unpaired) electrons. The van der Waals surface area contributed by atoms with Crippen molar-refractivity contribution >= 4 is 22.5 Å². The zero-order chi connectivity index (χ0) is 32.5. The molecule has 5 atom stereocenters. The summed E-state index contributed by atoms with van der Waals surface area (Å²) in [6.07, 6.45) is 5.98. The van der Waals surface area contributed by atoms with Crippen molar-refractivity contribution in [3.8, 4) is 28.4 Å². The van der Waals surface area contributed by atoms with Gasteiger partial charge >= 0.3 is 0 Å². The van der Waals surface area contributed by atoms with Crippen LogP contribution in [0, 0.1) is 11.8 Å². The molecule has 0 aliphatic carbocycles. The predicted molar refractivity (Wildman–Crippen MR) is 193 cm³/mol. The molecule has 5 heterocycles. The monoisotopic (exact) mass is 649 g/mol. The minimum Gasteiger partial charge on any atom is -0.462 e. The first-order chi connectivity index (χ1) is 23.6. The normalized spacial score (nSPS) is 22.3. The van der Waals surface area contributed by atoms with Crippen molar-refractivity contribution in [1.29, 1.82) is 0 Å². The van der Waals surface area contributed by atoms with Gasteiger partial charge in [0.2, 0.25) is 5.88 Å². The van der Waals surface area contributed by atoms with Gasteiger partial charge in [0, 0.05) is 47.0 Å². The van der Waals surface area contributed by atoms with Crippen LogP contribution in [0.4, 0.5) is 0 Å². The molecule has 6 aromatic rings. The SMILES string of the molecule is C=C[C@H]1C[N@+]2(Cc3ccccc3)CC[C@H]1C[C@@H]2C(Oc1nc(-c2ccccc2)nc(Cl)c1-c1ccccc1)c1ccnc2ccccc12. The highest BCUT2D eigenvalue weighted by Gasteiger charge is 2.55. The van der Waals surface area contributed by atoms with E-state index in [-0.39, 0.29) is 12.1 Å². The third kappa shape index (κ3) is 5.67. The Labute approximate surface area is 287 Å². The molecule has 0 N–H and O–H groups in total. The lowest BCUT2D eigenvalue weighted by molar-refractivity contribution is -0.984. The standard InChI is InChI=1S/C42H38ClN4O/c1-2-30-28-47(27-29-14-6-3-7-15-29)25-23-33(30)26-37(47)39(35-22-24-44-36-21-13-12-20-34(35)36)48-42-38(31-16-8-4-9-17-31)40(43)45-41(46-42)32-18-10-5-11-19-32/h2-22,24,30,33,37,39H,1,23,25-28H2/q+1/t30-,33-,37+,39?,47+/m0/s1. The first-order valence-electron chi connectivity index (χ1n) is 16.8. The largest absolute Gasteiger partial charge is 0.462 e. The molecule has 3 aliphatic heterocycles. The number of quaternary nitrogens is 1. The molecule has 238 valence electrons. The maximum atomic E-state index is 7.46. The number of aromatic nitrogens is 3. The summed E-state index contributed by atoms with van der Waals surface area (Å²) in [7, 11) is 0. The Morgan fingerprint density at radius 2 is 1.52 bits per heavy atom. The van der Waals surface area contributed by atoms with Gasteiger partial charge in [-0.2, -0.15) is 4.98 Å². The van der Waals surface area contributed by atoms with E-state index in [1.54, 1.807) is 0 Å². The molecule has 3 saturated heterocycles. The molecule has 9 rings (SSSR count). The lowest BCUT2D eigenvalue weighted by Gasteiger charge is -2.58. The van der Waals surface area contributed by atoms with Crippen LogP contribution in [-0.2, 0) is 6.54 Å². The number of halogens is 1. The van der Waals surface area contributed by atoms with E-state index in [2.05, 4.69) is 67.3 Å². The molecule has 1 unspecified atom stereocenters. The molecular formula is C42H38ClN4O+. The van der Waals surface area contributed by atoms with Gasteiger partial charge in [-0.15, -0.1) is 6.58 Å². The van der Waals surface area contributed by atoms with Gasteiger partial charge in [0.25, 0.3) is 0 Å². The Kier molecular flexibility index (Phi) is 8.25. The fourth-order valence-electron chi connectivity index (χ4n) is 8.21. The van der Waals surface area contributed by atoms with E-state index in [9.17, 15) is 0 Å². The van der Waals surface area contributed by atoms with Gasteiger partial charge in [-0.3, -0.25) is 4.98 Å². The molecule has 0 saturated carbocycles. The molecule has 5 nitrogen and oxygen atoms in total. The van der Waals surface area contributed by atoms with E-state index in [1.165, 1.54) is 12.0 Å². The summed E-state index contributed by atoms with van der Waals surface area (Å²) < 4.78 is 8.38. The topological polar surface area (TPSA) is 47.9 Å². The molecule has 4 aromatic carbocycles. The Balaban J connectivity index is 1.33.